The highest BCUT2D eigenvalue weighted by atomic mass is 32.1. The summed E-state index contributed by atoms with van der Waals surface area (Å²) in [5.74, 6) is 0. The second kappa shape index (κ2) is 11.1. The zero-order valence-electron chi connectivity index (χ0n) is 27.7. The van der Waals surface area contributed by atoms with E-state index in [1.807, 2.05) is 11.3 Å². The van der Waals surface area contributed by atoms with E-state index in [2.05, 4.69) is 182 Å². The van der Waals surface area contributed by atoms with E-state index in [-0.39, 0.29) is 0 Å². The molecule has 11 aromatic rings. The summed E-state index contributed by atoms with van der Waals surface area (Å²) in [6.45, 7) is 0. The van der Waals surface area contributed by atoms with Crippen molar-refractivity contribution >= 4 is 85.4 Å². The van der Waals surface area contributed by atoms with Crippen LogP contribution in [-0.2, 0) is 0 Å². The second-order valence-electron chi connectivity index (χ2n) is 13.7. The van der Waals surface area contributed by atoms with Crippen LogP contribution in [-0.4, -0.2) is 0 Å². The predicted molar refractivity (Wildman–Crippen MR) is 223 cm³/mol. The molecule has 0 spiro atoms. The summed E-state index contributed by atoms with van der Waals surface area (Å²) in [7, 11) is 0. The van der Waals surface area contributed by atoms with Crippen molar-refractivity contribution < 1.29 is 0 Å². The minimum absolute atomic E-state index is 1.23. The molecule has 0 nitrogen and oxygen atoms in total. The molecule has 0 N–H and O–H groups in total. The van der Waals surface area contributed by atoms with Gasteiger partial charge >= 0.3 is 0 Å². The Labute approximate surface area is 299 Å². The molecular weight excluding hydrogens is 633 g/mol. The fourth-order valence-corrected chi connectivity index (χ4v) is 9.56. The van der Waals surface area contributed by atoms with E-state index in [1.54, 1.807) is 0 Å². The quantitative estimate of drug-likeness (QED) is 0.165. The number of hydrogen-bond acceptors (Lipinski definition) is 1. The Kier molecular flexibility index (Phi) is 6.22. The van der Waals surface area contributed by atoms with E-state index < -0.39 is 0 Å². The fourth-order valence-electron chi connectivity index (χ4n) is 8.40. The van der Waals surface area contributed by atoms with Gasteiger partial charge in [-0.15, -0.1) is 11.3 Å². The van der Waals surface area contributed by atoms with Crippen molar-refractivity contribution in [3.05, 3.63) is 182 Å². The van der Waals surface area contributed by atoms with Gasteiger partial charge in [-0.1, -0.05) is 152 Å². The van der Waals surface area contributed by atoms with Gasteiger partial charge in [-0.25, -0.2) is 0 Å². The highest BCUT2D eigenvalue weighted by Gasteiger charge is 2.19. The number of hydrogen-bond donors (Lipinski definition) is 0. The van der Waals surface area contributed by atoms with Crippen LogP contribution in [0.5, 0.6) is 0 Å². The Morgan fingerprint density at radius 2 is 0.725 bits per heavy atom. The maximum absolute atomic E-state index is 2.45. The molecule has 0 radical (unpaired) electrons. The summed E-state index contributed by atoms with van der Waals surface area (Å²) >= 11 is 1.89. The summed E-state index contributed by atoms with van der Waals surface area (Å²) < 4.78 is 2.66. The molecule has 0 atom stereocenters. The van der Waals surface area contributed by atoms with Crippen LogP contribution in [0.15, 0.2) is 182 Å². The van der Waals surface area contributed by atoms with Gasteiger partial charge in [-0.05, 0) is 118 Å². The van der Waals surface area contributed by atoms with Gasteiger partial charge < -0.3 is 0 Å². The molecule has 0 amide bonds. The molecule has 0 bridgehead atoms. The molecule has 11 rings (SSSR count). The standard InChI is InChI=1S/C50H30S/c1-3-12-34-27-38(19-17-31(34)9-1)48-41-15-7-8-16-42(41)49(39-20-18-32-10-2-4-13-35(32)28-39)45-29-36(21-24-43(45)48)37-22-25-44-47(30-37)51-46-26-23-33-11-5-6-14-40(33)50(44)46/h1-30H. The molecule has 0 aliphatic carbocycles. The highest BCUT2D eigenvalue weighted by molar-refractivity contribution is 7.26. The molecule has 0 saturated carbocycles. The van der Waals surface area contributed by atoms with E-state index in [9.17, 15) is 0 Å². The lowest BCUT2D eigenvalue weighted by Gasteiger charge is -2.19. The first-order valence-electron chi connectivity index (χ1n) is 17.6. The molecule has 0 fully saturated rings. The lowest BCUT2D eigenvalue weighted by molar-refractivity contribution is 1.66. The number of rotatable bonds is 3. The summed E-state index contributed by atoms with van der Waals surface area (Å²) in [6, 6.07) is 67.7. The van der Waals surface area contributed by atoms with Crippen molar-refractivity contribution in [2.24, 2.45) is 0 Å². The van der Waals surface area contributed by atoms with E-state index in [0.29, 0.717) is 0 Å². The number of benzene rings is 10. The monoisotopic (exact) mass is 662 g/mol. The lowest BCUT2D eigenvalue weighted by Crippen LogP contribution is -1.92. The van der Waals surface area contributed by atoms with Crippen LogP contribution in [0, 0.1) is 0 Å². The molecule has 51 heavy (non-hydrogen) atoms. The van der Waals surface area contributed by atoms with Crippen molar-refractivity contribution in [3.8, 4) is 33.4 Å². The summed E-state index contributed by atoms with van der Waals surface area (Å²) in [6.07, 6.45) is 0. The lowest BCUT2D eigenvalue weighted by atomic mass is 9.84. The molecule has 0 unspecified atom stereocenters. The summed E-state index contributed by atoms with van der Waals surface area (Å²) in [5, 5.41) is 15.4. The summed E-state index contributed by atoms with van der Waals surface area (Å²) in [5.41, 5.74) is 7.52. The molecule has 1 aromatic heterocycles. The molecular formula is C50H30S. The largest absolute Gasteiger partial charge is 0.135 e. The topological polar surface area (TPSA) is 0 Å². The molecule has 1 heteroatoms. The van der Waals surface area contributed by atoms with Crippen molar-refractivity contribution in [1.29, 1.82) is 0 Å². The van der Waals surface area contributed by atoms with Gasteiger partial charge in [0.1, 0.15) is 0 Å². The van der Waals surface area contributed by atoms with Gasteiger partial charge in [-0.2, -0.15) is 0 Å². The highest BCUT2D eigenvalue weighted by Crippen LogP contribution is 2.46. The van der Waals surface area contributed by atoms with Crippen LogP contribution in [0.3, 0.4) is 0 Å². The predicted octanol–water partition coefficient (Wildman–Crippen LogP) is 14.8. The average Bonchev–Trinajstić information content (AvgIpc) is 3.58. The Hall–Kier alpha value is -6.28. The van der Waals surface area contributed by atoms with Crippen LogP contribution in [0.2, 0.25) is 0 Å². The van der Waals surface area contributed by atoms with E-state index >= 15 is 0 Å². The third-order valence-corrected chi connectivity index (χ3v) is 11.9. The maximum Gasteiger partial charge on any atom is 0.0361 e. The molecule has 10 aromatic carbocycles. The Bertz CT molecular complexity index is 3200. The van der Waals surface area contributed by atoms with E-state index in [1.165, 1.54) is 107 Å². The van der Waals surface area contributed by atoms with Crippen molar-refractivity contribution in [2.45, 2.75) is 0 Å². The molecule has 1 heterocycles. The van der Waals surface area contributed by atoms with Crippen LogP contribution in [0.4, 0.5) is 0 Å². The van der Waals surface area contributed by atoms with Crippen molar-refractivity contribution in [1.82, 2.24) is 0 Å². The van der Waals surface area contributed by atoms with Gasteiger partial charge in [-0.3, -0.25) is 0 Å². The van der Waals surface area contributed by atoms with E-state index in [4.69, 9.17) is 0 Å². The van der Waals surface area contributed by atoms with Gasteiger partial charge in [0.05, 0.1) is 0 Å². The third-order valence-electron chi connectivity index (χ3n) is 10.8. The first-order valence-corrected chi connectivity index (χ1v) is 18.4. The second-order valence-corrected chi connectivity index (χ2v) is 14.7. The average molecular weight is 663 g/mol. The molecule has 0 saturated heterocycles. The minimum atomic E-state index is 1.23. The fraction of sp³-hybridized carbons (Fsp3) is 0. The number of fused-ring (bicyclic) bond motifs is 9. The first kappa shape index (κ1) is 28.5. The minimum Gasteiger partial charge on any atom is -0.135 e. The Morgan fingerprint density at radius 1 is 0.255 bits per heavy atom. The van der Waals surface area contributed by atoms with Crippen LogP contribution in [0.1, 0.15) is 0 Å². The zero-order valence-corrected chi connectivity index (χ0v) is 28.5. The van der Waals surface area contributed by atoms with Crippen LogP contribution >= 0.6 is 11.3 Å². The smallest absolute Gasteiger partial charge is 0.0361 e. The first-order chi connectivity index (χ1) is 25.3. The van der Waals surface area contributed by atoms with Gasteiger partial charge in [0.25, 0.3) is 0 Å². The number of thiophene rings is 1. The summed E-state index contributed by atoms with van der Waals surface area (Å²) in [4.78, 5) is 0. The molecule has 236 valence electrons. The third kappa shape index (κ3) is 4.45. The van der Waals surface area contributed by atoms with Gasteiger partial charge in [0.2, 0.25) is 0 Å². The van der Waals surface area contributed by atoms with Gasteiger partial charge in [0, 0.05) is 20.2 Å². The molecule has 0 aliphatic rings. The Balaban J connectivity index is 1.20. The Morgan fingerprint density at radius 3 is 1.39 bits per heavy atom. The van der Waals surface area contributed by atoms with Crippen LogP contribution in [0.25, 0.3) is 107 Å². The molecule has 0 aliphatic heterocycles. The van der Waals surface area contributed by atoms with Crippen molar-refractivity contribution in [3.63, 3.8) is 0 Å². The van der Waals surface area contributed by atoms with Crippen molar-refractivity contribution in [2.75, 3.05) is 0 Å². The zero-order chi connectivity index (χ0) is 33.5. The van der Waals surface area contributed by atoms with Gasteiger partial charge in [0.15, 0.2) is 0 Å². The van der Waals surface area contributed by atoms with Crippen LogP contribution < -0.4 is 0 Å². The maximum atomic E-state index is 2.45. The normalized spacial score (nSPS) is 11.9. The van der Waals surface area contributed by atoms with E-state index in [0.717, 1.165) is 0 Å². The SMILES string of the molecule is c1ccc2cc(-c3c4ccccc4c(-c4ccc5ccccc5c4)c4cc(-c5ccc6c(c5)sc5ccc7ccccc7c56)ccc34)ccc2c1.